The number of phenols is 1. The fourth-order valence-corrected chi connectivity index (χ4v) is 5.64. The lowest BCUT2D eigenvalue weighted by atomic mass is 9.99. The van der Waals surface area contributed by atoms with E-state index in [4.69, 9.17) is 14.2 Å². The quantitative estimate of drug-likeness (QED) is 0.128. The minimum atomic E-state index is -0.766. The van der Waals surface area contributed by atoms with Crippen LogP contribution in [0.1, 0.15) is 52.7 Å². The zero-order chi connectivity index (χ0) is 33.2. The lowest BCUT2D eigenvalue weighted by Crippen LogP contribution is -2.39. The fraction of sp³-hybridized carbons (Fsp3) is 0.289. The molecule has 246 valence electrons. The first kappa shape index (κ1) is 33.8. The van der Waals surface area contributed by atoms with Crippen LogP contribution in [0.4, 0.5) is 4.79 Å². The molecule has 0 bridgehead atoms. The van der Waals surface area contributed by atoms with Crippen molar-refractivity contribution in [3.8, 4) is 16.9 Å². The van der Waals surface area contributed by atoms with Gasteiger partial charge < -0.3 is 39.7 Å². The second-order valence-electron chi connectivity index (χ2n) is 11.7. The van der Waals surface area contributed by atoms with Gasteiger partial charge in [0.15, 0.2) is 6.29 Å². The van der Waals surface area contributed by atoms with Crippen LogP contribution in [0.3, 0.4) is 0 Å². The maximum Gasteiger partial charge on any atom is 0.407 e. The second-order valence-corrected chi connectivity index (χ2v) is 11.7. The number of hydrogen-bond donors (Lipinski definition) is 4. The largest absolute Gasteiger partial charge is 0.508 e. The van der Waals surface area contributed by atoms with E-state index in [-0.39, 0.29) is 31.2 Å². The van der Waals surface area contributed by atoms with Crippen molar-refractivity contribution in [2.24, 2.45) is 0 Å². The molecule has 4 aromatic rings. The molecule has 1 fully saturated rings. The smallest absolute Gasteiger partial charge is 0.407 e. The zero-order valence-corrected chi connectivity index (χ0v) is 26.5. The molecule has 1 heterocycles. The number of ether oxygens (including phenoxy) is 3. The number of amides is 1. The number of benzene rings is 4. The van der Waals surface area contributed by atoms with Crippen molar-refractivity contribution in [1.29, 1.82) is 0 Å². The number of phenolic OH excluding ortho intramolecular Hbond substituents is 1. The van der Waals surface area contributed by atoms with Gasteiger partial charge in [-0.25, -0.2) is 4.79 Å². The van der Waals surface area contributed by atoms with E-state index in [0.29, 0.717) is 31.6 Å². The Morgan fingerprint density at radius 3 is 2.45 bits per heavy atom. The molecule has 0 aromatic heterocycles. The molecule has 47 heavy (non-hydrogen) atoms. The van der Waals surface area contributed by atoms with Crippen LogP contribution in [0.5, 0.6) is 5.75 Å². The van der Waals surface area contributed by atoms with E-state index in [1.807, 2.05) is 84.7 Å². The van der Waals surface area contributed by atoms with Crippen molar-refractivity contribution in [2.75, 3.05) is 26.7 Å². The molecule has 0 spiro atoms. The number of alkyl carbamates (subject to hydrolysis) is 1. The second kappa shape index (κ2) is 16.4. The van der Waals surface area contributed by atoms with Crippen molar-refractivity contribution in [1.82, 2.24) is 10.2 Å². The van der Waals surface area contributed by atoms with Crippen molar-refractivity contribution in [3.63, 3.8) is 0 Å². The Labute approximate surface area is 275 Å². The van der Waals surface area contributed by atoms with Gasteiger partial charge in [-0.15, -0.1) is 0 Å². The molecule has 9 heteroatoms. The first-order chi connectivity index (χ1) is 22.8. The highest BCUT2D eigenvalue weighted by Crippen LogP contribution is 2.38. The van der Waals surface area contributed by atoms with Crippen molar-refractivity contribution in [2.45, 2.75) is 44.2 Å². The zero-order valence-electron chi connectivity index (χ0n) is 26.5. The Balaban J connectivity index is 1.29. The van der Waals surface area contributed by atoms with Crippen LogP contribution in [0, 0.1) is 0 Å². The van der Waals surface area contributed by atoms with Gasteiger partial charge in [-0.05, 0) is 58.6 Å². The van der Waals surface area contributed by atoms with E-state index < -0.39 is 18.5 Å². The number of aromatic hydroxyl groups is 1. The molecule has 1 aliphatic heterocycles. The number of carbonyl (C=O) groups excluding carboxylic acids is 1. The average molecular weight is 639 g/mol. The topological polar surface area (TPSA) is 121 Å². The van der Waals surface area contributed by atoms with Crippen molar-refractivity contribution >= 4 is 6.09 Å². The summed E-state index contributed by atoms with van der Waals surface area (Å²) >= 11 is 0. The minimum Gasteiger partial charge on any atom is -0.508 e. The summed E-state index contributed by atoms with van der Waals surface area (Å²) in [5, 5.41) is 32.9. The van der Waals surface area contributed by atoms with Crippen LogP contribution < -0.4 is 5.32 Å². The molecule has 1 saturated heterocycles. The van der Waals surface area contributed by atoms with Gasteiger partial charge in [-0.2, -0.15) is 0 Å². The number of rotatable bonds is 13. The number of nitrogens with one attached hydrogen (secondary N) is 1. The Morgan fingerprint density at radius 2 is 1.72 bits per heavy atom. The summed E-state index contributed by atoms with van der Waals surface area (Å²) < 4.78 is 18.0. The molecular weight excluding hydrogens is 596 g/mol. The Morgan fingerprint density at radius 1 is 0.979 bits per heavy atom. The normalized spacial score (nSPS) is 18.4. The predicted molar refractivity (Wildman–Crippen MR) is 179 cm³/mol. The number of hydrogen-bond acceptors (Lipinski definition) is 8. The maximum atomic E-state index is 11.8. The third kappa shape index (κ3) is 9.51. The summed E-state index contributed by atoms with van der Waals surface area (Å²) in [5.41, 5.74) is 6.31. The Kier molecular flexibility index (Phi) is 11.8. The lowest BCUT2D eigenvalue weighted by Gasteiger charge is -2.38. The molecule has 1 aliphatic rings. The Hall–Kier alpha value is -4.51. The highest BCUT2D eigenvalue weighted by Gasteiger charge is 2.33. The molecule has 4 atom stereocenters. The SMILES string of the molecule is C=CCOC(=O)NCc1cccc(-c2ccc(C3OC(CN(C)CC(O)c4cccc(O)c4)CC(c4ccc(CO)cc4)O3)cc2)c1. The van der Waals surface area contributed by atoms with Crippen LogP contribution in [-0.2, 0) is 27.4 Å². The summed E-state index contributed by atoms with van der Waals surface area (Å²) in [6.07, 6.45) is -0.177. The van der Waals surface area contributed by atoms with Gasteiger partial charge in [0.25, 0.3) is 0 Å². The number of carbonyl (C=O) groups is 1. The highest BCUT2D eigenvalue weighted by atomic mass is 16.7. The van der Waals surface area contributed by atoms with Gasteiger partial charge in [-0.1, -0.05) is 91.5 Å². The molecule has 0 radical (unpaired) electrons. The van der Waals surface area contributed by atoms with Gasteiger partial charge >= 0.3 is 6.09 Å². The lowest BCUT2D eigenvalue weighted by molar-refractivity contribution is -0.252. The molecule has 4 N–H and O–H groups in total. The van der Waals surface area contributed by atoms with Gasteiger partial charge in [-0.3, -0.25) is 0 Å². The molecule has 5 rings (SSSR count). The third-order valence-electron chi connectivity index (χ3n) is 8.08. The fourth-order valence-electron chi connectivity index (χ4n) is 5.64. The van der Waals surface area contributed by atoms with E-state index in [9.17, 15) is 20.1 Å². The summed E-state index contributed by atoms with van der Waals surface area (Å²) in [7, 11) is 1.94. The first-order valence-corrected chi connectivity index (χ1v) is 15.7. The van der Waals surface area contributed by atoms with Crippen molar-refractivity contribution < 1.29 is 34.3 Å². The van der Waals surface area contributed by atoms with Crippen LogP contribution in [-0.4, -0.2) is 59.2 Å². The van der Waals surface area contributed by atoms with Gasteiger partial charge in [0, 0.05) is 31.6 Å². The molecule has 1 amide bonds. The van der Waals surface area contributed by atoms with Crippen LogP contribution in [0.15, 0.2) is 110 Å². The van der Waals surface area contributed by atoms with E-state index >= 15 is 0 Å². The average Bonchev–Trinajstić information content (AvgIpc) is 3.10. The van der Waals surface area contributed by atoms with Crippen LogP contribution in [0.25, 0.3) is 11.1 Å². The van der Waals surface area contributed by atoms with E-state index in [2.05, 4.69) is 11.9 Å². The van der Waals surface area contributed by atoms with Gasteiger partial charge in [0.1, 0.15) is 12.4 Å². The monoisotopic (exact) mass is 638 g/mol. The Bertz CT molecular complexity index is 1610. The number of aliphatic hydroxyl groups is 2. The molecule has 4 aromatic carbocycles. The molecule has 4 unspecified atom stereocenters. The van der Waals surface area contributed by atoms with Gasteiger partial charge in [0.05, 0.1) is 24.9 Å². The minimum absolute atomic E-state index is 0.0273. The highest BCUT2D eigenvalue weighted by molar-refractivity contribution is 5.68. The summed E-state index contributed by atoms with van der Waals surface area (Å²) in [5.74, 6) is 0.118. The van der Waals surface area contributed by atoms with Gasteiger partial charge in [0.2, 0.25) is 0 Å². The van der Waals surface area contributed by atoms with E-state index in [1.165, 1.54) is 6.08 Å². The number of likely N-dealkylation sites (N-methyl/N-ethyl adjacent to an activating group) is 1. The summed E-state index contributed by atoms with van der Waals surface area (Å²) in [4.78, 5) is 13.8. The predicted octanol–water partition coefficient (Wildman–Crippen LogP) is 6.17. The summed E-state index contributed by atoms with van der Waals surface area (Å²) in [6, 6.07) is 30.4. The third-order valence-corrected chi connectivity index (χ3v) is 8.08. The number of aliphatic hydroxyl groups excluding tert-OH is 2. The van der Waals surface area contributed by atoms with E-state index in [0.717, 1.165) is 33.4 Å². The first-order valence-electron chi connectivity index (χ1n) is 15.7. The molecular formula is C38H42N2O7. The van der Waals surface area contributed by atoms with Crippen LogP contribution >= 0.6 is 0 Å². The van der Waals surface area contributed by atoms with Crippen LogP contribution in [0.2, 0.25) is 0 Å². The molecule has 9 nitrogen and oxygen atoms in total. The maximum absolute atomic E-state index is 11.8. The standard InChI is InChI=1S/C38H42N2O7/c1-3-18-45-38(44)39-22-27-6-4-7-31(19-27)28-14-16-30(17-15-28)37-46-34(21-36(47-37)29-12-10-26(25-41)11-13-29)23-40(2)24-35(43)32-8-5-9-33(42)20-32/h3-17,19-20,34-37,41-43H,1,18,21-25H2,2H3,(H,39,44). The molecule has 0 saturated carbocycles. The summed E-state index contributed by atoms with van der Waals surface area (Å²) in [6.45, 7) is 4.94. The number of nitrogens with zero attached hydrogens (tertiary/aromatic N) is 1. The molecule has 0 aliphatic carbocycles. The van der Waals surface area contributed by atoms with E-state index in [1.54, 1.807) is 24.3 Å². The van der Waals surface area contributed by atoms with Crippen molar-refractivity contribution in [3.05, 3.63) is 138 Å².